The molecule has 0 saturated heterocycles. The fourth-order valence-corrected chi connectivity index (χ4v) is 4.19. The second-order valence-corrected chi connectivity index (χ2v) is 8.35. The third kappa shape index (κ3) is 6.52. The maximum atomic E-state index is 12.0. The van der Waals surface area contributed by atoms with Crippen molar-refractivity contribution in [1.82, 2.24) is 5.32 Å². The number of halogens is 3. The molecule has 0 aromatic rings. The number of carboxylic acids is 1. The van der Waals surface area contributed by atoms with Gasteiger partial charge in [0.25, 0.3) is 5.91 Å². The number of alkyl halides is 3. The molecule has 0 bridgehead atoms. The first kappa shape index (κ1) is 21.8. The van der Waals surface area contributed by atoms with Gasteiger partial charge in [0.05, 0.1) is 0 Å². The number of aliphatic carboxylic acids is 1. The third-order valence-electron chi connectivity index (χ3n) is 4.31. The highest BCUT2D eigenvalue weighted by atomic mass is 32.2. The minimum Gasteiger partial charge on any atom is -0.475 e. The molecule has 1 aliphatic carbocycles. The first-order valence-corrected chi connectivity index (χ1v) is 9.14. The van der Waals surface area contributed by atoms with Gasteiger partial charge in [-0.2, -0.15) is 18.2 Å². The molecule has 2 rings (SSSR count). The van der Waals surface area contributed by atoms with E-state index in [9.17, 15) is 18.0 Å². The van der Waals surface area contributed by atoms with Crippen LogP contribution in [0.15, 0.2) is 4.99 Å². The molecule has 1 atom stereocenters. The molecule has 9 heteroatoms. The van der Waals surface area contributed by atoms with Crippen LogP contribution in [0.1, 0.15) is 65.7 Å². The van der Waals surface area contributed by atoms with Crippen molar-refractivity contribution in [2.75, 3.05) is 0 Å². The molecular formula is C16H25F3N2O3S. The topological polar surface area (TPSA) is 78.8 Å². The Kier molecular flexibility index (Phi) is 7.34. The van der Waals surface area contributed by atoms with Crippen molar-refractivity contribution in [2.45, 2.75) is 82.2 Å². The van der Waals surface area contributed by atoms with Crippen molar-refractivity contribution < 1.29 is 27.9 Å². The lowest BCUT2D eigenvalue weighted by Crippen LogP contribution is -2.46. The van der Waals surface area contributed by atoms with Gasteiger partial charge < -0.3 is 10.4 Å². The number of carbonyl (C=O) groups is 2. The standard InChI is InChI=1S/C14H24N2OS.C2HF3O2/c1-4-8-14(3)11(17)15-12(18-14)16-13(2)9-6-5-7-10-13;3-2(4,5)1(6)7/h4-10H2,1-3H3,(H,15,16,17);(H,6,7). The lowest BCUT2D eigenvalue weighted by Gasteiger charge is -2.35. The summed E-state index contributed by atoms with van der Waals surface area (Å²) >= 11 is 1.63. The number of nitrogens with zero attached hydrogens (tertiary/aromatic N) is 1. The van der Waals surface area contributed by atoms with E-state index in [1.54, 1.807) is 11.8 Å². The van der Waals surface area contributed by atoms with Gasteiger partial charge in [-0.25, -0.2) is 4.79 Å². The predicted molar refractivity (Wildman–Crippen MR) is 91.7 cm³/mol. The molecule has 1 aliphatic heterocycles. The second kappa shape index (κ2) is 8.42. The van der Waals surface area contributed by atoms with E-state index in [1.807, 2.05) is 6.92 Å². The summed E-state index contributed by atoms with van der Waals surface area (Å²) in [5, 5.41) is 11.5. The van der Waals surface area contributed by atoms with Gasteiger partial charge in [0.1, 0.15) is 4.75 Å². The molecule has 1 unspecified atom stereocenters. The minimum atomic E-state index is -5.08. The van der Waals surface area contributed by atoms with Crippen LogP contribution in [0.3, 0.4) is 0 Å². The normalized spacial score (nSPS) is 25.7. The quantitative estimate of drug-likeness (QED) is 0.768. The van der Waals surface area contributed by atoms with Crippen LogP contribution in [0.4, 0.5) is 13.2 Å². The molecule has 144 valence electrons. The molecule has 0 aromatic carbocycles. The molecule has 1 heterocycles. The van der Waals surface area contributed by atoms with Crippen LogP contribution in [-0.4, -0.2) is 38.6 Å². The van der Waals surface area contributed by atoms with Gasteiger partial charge >= 0.3 is 12.1 Å². The van der Waals surface area contributed by atoms with Gasteiger partial charge in [0, 0.05) is 5.54 Å². The summed E-state index contributed by atoms with van der Waals surface area (Å²) < 4.78 is 31.4. The summed E-state index contributed by atoms with van der Waals surface area (Å²) in [7, 11) is 0. The molecule has 0 aromatic heterocycles. The molecule has 1 fully saturated rings. The average molecular weight is 382 g/mol. The number of amidine groups is 1. The smallest absolute Gasteiger partial charge is 0.475 e. The number of rotatable bonds is 3. The van der Waals surface area contributed by atoms with E-state index >= 15 is 0 Å². The zero-order valence-electron chi connectivity index (χ0n) is 14.7. The predicted octanol–water partition coefficient (Wildman–Crippen LogP) is 4.12. The molecule has 2 N–H and O–H groups in total. The van der Waals surface area contributed by atoms with Gasteiger partial charge in [0.2, 0.25) is 0 Å². The van der Waals surface area contributed by atoms with Crippen molar-refractivity contribution in [3.8, 4) is 0 Å². The van der Waals surface area contributed by atoms with E-state index in [4.69, 9.17) is 9.90 Å². The molecule has 5 nitrogen and oxygen atoms in total. The van der Waals surface area contributed by atoms with E-state index in [0.717, 1.165) is 18.0 Å². The Balaban J connectivity index is 0.000000381. The van der Waals surface area contributed by atoms with Crippen LogP contribution in [-0.2, 0) is 9.59 Å². The van der Waals surface area contributed by atoms with Crippen molar-refractivity contribution >= 4 is 28.8 Å². The fraction of sp³-hybridized carbons (Fsp3) is 0.812. The summed E-state index contributed by atoms with van der Waals surface area (Å²) in [4.78, 5) is 25.1. The third-order valence-corrected chi connectivity index (χ3v) is 5.53. The maximum absolute atomic E-state index is 12.0. The van der Waals surface area contributed by atoms with E-state index in [2.05, 4.69) is 24.2 Å². The van der Waals surface area contributed by atoms with Gasteiger partial charge in [-0.3, -0.25) is 4.79 Å². The van der Waals surface area contributed by atoms with E-state index < -0.39 is 12.1 Å². The largest absolute Gasteiger partial charge is 0.490 e. The van der Waals surface area contributed by atoms with Crippen molar-refractivity contribution in [3.63, 3.8) is 0 Å². The molecule has 1 amide bonds. The molecule has 2 aliphatic rings. The van der Waals surface area contributed by atoms with Crippen LogP contribution in [0.2, 0.25) is 0 Å². The van der Waals surface area contributed by atoms with Crippen LogP contribution in [0.5, 0.6) is 0 Å². The summed E-state index contributed by atoms with van der Waals surface area (Å²) in [6, 6.07) is 0. The van der Waals surface area contributed by atoms with E-state index in [-0.39, 0.29) is 16.2 Å². The second-order valence-electron chi connectivity index (χ2n) is 6.85. The van der Waals surface area contributed by atoms with Crippen LogP contribution in [0, 0.1) is 0 Å². The van der Waals surface area contributed by atoms with Crippen molar-refractivity contribution in [3.05, 3.63) is 0 Å². The van der Waals surface area contributed by atoms with Crippen LogP contribution >= 0.6 is 11.8 Å². The van der Waals surface area contributed by atoms with Crippen molar-refractivity contribution in [2.24, 2.45) is 4.99 Å². The molecule has 25 heavy (non-hydrogen) atoms. The van der Waals surface area contributed by atoms with Crippen LogP contribution in [0.25, 0.3) is 0 Å². The molecule has 0 radical (unpaired) electrons. The lowest BCUT2D eigenvalue weighted by molar-refractivity contribution is -0.192. The summed E-state index contributed by atoms with van der Waals surface area (Å²) in [5.74, 6) is -2.72. The number of thioether (sulfide) groups is 1. The SMILES string of the molecule is CCCC1(C)SC(NC2(C)CCCCC2)=NC1=O.O=C(O)C(F)(F)F. The first-order chi connectivity index (χ1) is 11.4. The Hall–Kier alpha value is -1.25. The Morgan fingerprint density at radius 1 is 1.28 bits per heavy atom. The molecule has 1 saturated carbocycles. The number of hydrogen-bond donors (Lipinski definition) is 2. The Bertz CT molecular complexity index is 531. The number of nitrogens with one attached hydrogen (secondary N) is 1. The minimum absolute atomic E-state index is 0.0382. The fourth-order valence-electron chi connectivity index (χ4n) is 2.89. The van der Waals surface area contributed by atoms with Gasteiger partial charge in [0.15, 0.2) is 5.17 Å². The number of aliphatic imine (C=N–C) groups is 1. The number of carboxylic acid groups (broad SMARTS) is 1. The Morgan fingerprint density at radius 2 is 1.80 bits per heavy atom. The maximum Gasteiger partial charge on any atom is 0.490 e. The molecule has 0 spiro atoms. The van der Waals surface area contributed by atoms with Crippen LogP contribution < -0.4 is 5.32 Å². The van der Waals surface area contributed by atoms with E-state index in [1.165, 1.54) is 32.1 Å². The Labute approximate surface area is 149 Å². The highest BCUT2D eigenvalue weighted by molar-refractivity contribution is 8.16. The summed E-state index contributed by atoms with van der Waals surface area (Å²) in [5.41, 5.74) is 0.141. The Morgan fingerprint density at radius 3 is 2.24 bits per heavy atom. The first-order valence-electron chi connectivity index (χ1n) is 8.32. The van der Waals surface area contributed by atoms with Gasteiger partial charge in [-0.05, 0) is 33.1 Å². The van der Waals surface area contributed by atoms with Gasteiger partial charge in [-0.15, -0.1) is 0 Å². The summed E-state index contributed by atoms with van der Waals surface area (Å²) in [6.45, 7) is 6.40. The zero-order chi connectivity index (χ0) is 19.3. The zero-order valence-corrected chi connectivity index (χ0v) is 15.5. The highest BCUT2D eigenvalue weighted by Crippen LogP contribution is 2.38. The van der Waals surface area contributed by atoms with Crippen molar-refractivity contribution in [1.29, 1.82) is 0 Å². The van der Waals surface area contributed by atoms with Gasteiger partial charge in [-0.1, -0.05) is 44.4 Å². The summed E-state index contributed by atoms with van der Waals surface area (Å²) in [6.07, 6.45) is 3.11. The molecular weight excluding hydrogens is 357 g/mol. The highest BCUT2D eigenvalue weighted by Gasteiger charge is 2.42. The average Bonchev–Trinajstić information content (AvgIpc) is 2.73. The van der Waals surface area contributed by atoms with E-state index in [0.29, 0.717) is 0 Å². The number of carbonyl (C=O) groups excluding carboxylic acids is 1. The number of hydrogen-bond acceptors (Lipinski definition) is 4. The number of amides is 1. The lowest BCUT2D eigenvalue weighted by atomic mass is 9.83. The monoisotopic (exact) mass is 382 g/mol.